The summed E-state index contributed by atoms with van der Waals surface area (Å²) in [6.45, 7) is 14.0. The number of carbonyl (C=O) groups is 2. The molecule has 8 rings (SSSR count). The highest BCUT2D eigenvalue weighted by molar-refractivity contribution is 5.76. The van der Waals surface area contributed by atoms with Crippen molar-refractivity contribution in [2.24, 2.45) is 56.7 Å². The standard InChI is InChI=1S/C39H61NO7/c1-23-19-25(9-12-30(42)44-6)46-33-32(23)36(4)15-16-39-22-38(39)14-13-28(35(2,3)26(38)10-11-27(39)37(36,5)34(33)43)47-31-21-40(17-18-45-31)29(41)20-24-7-8-24/h23-28,31-34,43H,7-22H2,1-6H3/t23-,25+,26+,27+,28?,31?,32?,33+,34+,36-,37-,38?,39+/m1/s1. The van der Waals surface area contributed by atoms with Crippen LogP contribution in [0.5, 0.6) is 0 Å². The number of esters is 1. The fourth-order valence-corrected chi connectivity index (χ4v) is 14.0. The minimum absolute atomic E-state index is 0.00284. The van der Waals surface area contributed by atoms with Crippen LogP contribution in [0.3, 0.4) is 0 Å². The molecule has 2 aliphatic heterocycles. The van der Waals surface area contributed by atoms with E-state index >= 15 is 0 Å². The van der Waals surface area contributed by atoms with E-state index < -0.39 is 6.10 Å². The second kappa shape index (κ2) is 11.1. The van der Waals surface area contributed by atoms with E-state index in [1.165, 1.54) is 45.6 Å². The lowest BCUT2D eigenvalue weighted by Gasteiger charge is -2.64. The number of carbonyl (C=O) groups excluding carboxylic acids is 2. The van der Waals surface area contributed by atoms with Crippen LogP contribution in [-0.4, -0.2) is 79.4 Å². The number of aliphatic hydroxyl groups excluding tert-OH is 1. The number of rotatable bonds is 7. The highest BCUT2D eigenvalue weighted by Crippen LogP contribution is 2.89. The Morgan fingerprint density at radius 3 is 2.47 bits per heavy atom. The van der Waals surface area contributed by atoms with Gasteiger partial charge >= 0.3 is 5.97 Å². The van der Waals surface area contributed by atoms with E-state index in [4.69, 9.17) is 18.9 Å². The highest BCUT2D eigenvalue weighted by Gasteiger charge is 2.84. The zero-order chi connectivity index (χ0) is 33.1. The number of hydrogen-bond donors (Lipinski definition) is 1. The molecule has 6 saturated carbocycles. The van der Waals surface area contributed by atoms with Gasteiger partial charge in [-0.25, -0.2) is 0 Å². The number of aliphatic hydroxyl groups is 1. The van der Waals surface area contributed by atoms with Crippen molar-refractivity contribution in [3.05, 3.63) is 0 Å². The van der Waals surface area contributed by atoms with E-state index in [-0.39, 0.29) is 52.7 Å². The largest absolute Gasteiger partial charge is 0.469 e. The number of fused-ring (bicyclic) bond motifs is 4. The summed E-state index contributed by atoms with van der Waals surface area (Å²) in [6.07, 6.45) is 12.5. The van der Waals surface area contributed by atoms with Crippen LogP contribution in [0.1, 0.15) is 118 Å². The molecule has 2 spiro atoms. The van der Waals surface area contributed by atoms with E-state index in [1.807, 2.05) is 4.90 Å². The van der Waals surface area contributed by atoms with Crippen molar-refractivity contribution < 1.29 is 33.6 Å². The van der Waals surface area contributed by atoms with Crippen molar-refractivity contribution in [1.82, 2.24) is 4.90 Å². The molecule has 8 heteroatoms. The molecule has 1 N–H and O–H groups in total. The van der Waals surface area contributed by atoms with Gasteiger partial charge in [-0.2, -0.15) is 0 Å². The number of ether oxygens (including phenoxy) is 4. The molecule has 0 aromatic rings. The third-order valence-corrected chi connectivity index (χ3v) is 16.6. The number of methoxy groups -OCH3 is 1. The summed E-state index contributed by atoms with van der Waals surface area (Å²) in [6, 6.07) is 0. The maximum absolute atomic E-state index is 12.9. The van der Waals surface area contributed by atoms with Crippen LogP contribution in [0.2, 0.25) is 0 Å². The topological polar surface area (TPSA) is 94.5 Å². The first-order valence-electron chi connectivity index (χ1n) is 19.3. The molecule has 13 atom stereocenters. The van der Waals surface area contributed by atoms with Gasteiger partial charge in [-0.05, 0) is 122 Å². The Morgan fingerprint density at radius 1 is 0.979 bits per heavy atom. The van der Waals surface area contributed by atoms with E-state index in [9.17, 15) is 14.7 Å². The second-order valence-corrected chi connectivity index (χ2v) is 18.7. The molecule has 8 nitrogen and oxygen atoms in total. The zero-order valence-electron chi connectivity index (χ0n) is 29.9. The lowest BCUT2D eigenvalue weighted by molar-refractivity contribution is -0.248. The number of amides is 1. The molecule has 8 aliphatic rings. The SMILES string of the molecule is COC(=O)CC[C@H]1C[C@@H](C)C2[C@H](O1)[C@H](O)[C@@]1(C)[C@@H]3CC[C@H]4C(C)(C)C(OC5CN(C(=O)CC6CC6)CCO5)CCC45C[C@@]35CC[C@]21C. The highest BCUT2D eigenvalue weighted by atomic mass is 16.7. The predicted molar refractivity (Wildman–Crippen MR) is 176 cm³/mol. The summed E-state index contributed by atoms with van der Waals surface area (Å²) in [5.74, 6) is 2.56. The van der Waals surface area contributed by atoms with Gasteiger partial charge < -0.3 is 29.0 Å². The first kappa shape index (κ1) is 33.0. The van der Waals surface area contributed by atoms with Crippen molar-refractivity contribution in [3.8, 4) is 0 Å². The third kappa shape index (κ3) is 4.65. The second-order valence-electron chi connectivity index (χ2n) is 18.7. The Morgan fingerprint density at radius 2 is 1.72 bits per heavy atom. The zero-order valence-corrected chi connectivity index (χ0v) is 29.9. The number of hydrogen-bond acceptors (Lipinski definition) is 7. The van der Waals surface area contributed by atoms with Crippen LogP contribution in [0, 0.1) is 56.7 Å². The van der Waals surface area contributed by atoms with Crippen LogP contribution in [0.15, 0.2) is 0 Å². The Labute approximate surface area is 282 Å². The van der Waals surface area contributed by atoms with Gasteiger partial charge in [-0.15, -0.1) is 0 Å². The third-order valence-electron chi connectivity index (χ3n) is 16.6. The van der Waals surface area contributed by atoms with Crippen molar-refractivity contribution in [2.45, 2.75) is 149 Å². The molecule has 264 valence electrons. The van der Waals surface area contributed by atoms with Crippen LogP contribution in [-0.2, 0) is 28.5 Å². The smallest absolute Gasteiger partial charge is 0.305 e. The fraction of sp³-hybridized carbons (Fsp3) is 0.949. The Hall–Kier alpha value is -1.22. The van der Waals surface area contributed by atoms with E-state index in [0.717, 1.165) is 25.7 Å². The molecule has 2 saturated heterocycles. The molecule has 1 amide bonds. The van der Waals surface area contributed by atoms with Gasteiger partial charge in [0.2, 0.25) is 5.91 Å². The Kier molecular flexibility index (Phi) is 7.81. The molecular weight excluding hydrogens is 594 g/mol. The summed E-state index contributed by atoms with van der Waals surface area (Å²) in [4.78, 5) is 26.8. The molecule has 0 bridgehead atoms. The van der Waals surface area contributed by atoms with Crippen molar-refractivity contribution >= 4 is 11.9 Å². The summed E-state index contributed by atoms with van der Waals surface area (Å²) >= 11 is 0. The van der Waals surface area contributed by atoms with Crippen molar-refractivity contribution in [3.63, 3.8) is 0 Å². The van der Waals surface area contributed by atoms with E-state index in [1.54, 1.807) is 0 Å². The molecule has 0 radical (unpaired) electrons. The van der Waals surface area contributed by atoms with Gasteiger partial charge in [0, 0.05) is 24.8 Å². The normalized spacial score (nSPS) is 51.1. The molecule has 6 aliphatic carbocycles. The summed E-state index contributed by atoms with van der Waals surface area (Å²) in [5.41, 5.74) is 0.483. The molecule has 0 aromatic carbocycles. The maximum atomic E-state index is 12.9. The molecule has 47 heavy (non-hydrogen) atoms. The van der Waals surface area contributed by atoms with Gasteiger partial charge in [-0.3, -0.25) is 9.59 Å². The monoisotopic (exact) mass is 655 g/mol. The number of nitrogens with zero attached hydrogens (tertiary/aromatic N) is 1. The molecule has 8 fully saturated rings. The van der Waals surface area contributed by atoms with E-state index in [2.05, 4.69) is 34.6 Å². The van der Waals surface area contributed by atoms with Crippen LogP contribution in [0.25, 0.3) is 0 Å². The molecule has 0 aromatic heterocycles. The molecule has 2 heterocycles. The summed E-state index contributed by atoms with van der Waals surface area (Å²) in [5, 5.41) is 12.4. The Bertz CT molecular complexity index is 1270. The predicted octanol–water partition coefficient (Wildman–Crippen LogP) is 6.12. The Balaban J connectivity index is 0.987. The van der Waals surface area contributed by atoms with Crippen LogP contribution >= 0.6 is 0 Å². The van der Waals surface area contributed by atoms with Crippen molar-refractivity contribution in [1.29, 1.82) is 0 Å². The number of morpholine rings is 1. The average Bonchev–Trinajstić information content (AvgIpc) is 3.96. The van der Waals surface area contributed by atoms with Gasteiger partial charge in [0.1, 0.15) is 0 Å². The summed E-state index contributed by atoms with van der Waals surface area (Å²) < 4.78 is 24.7. The van der Waals surface area contributed by atoms with Gasteiger partial charge in [-0.1, -0.05) is 34.6 Å². The molecular formula is C39H61NO7. The first-order valence-corrected chi connectivity index (χ1v) is 19.3. The molecule has 4 unspecified atom stereocenters. The van der Waals surface area contributed by atoms with Crippen LogP contribution in [0.4, 0.5) is 0 Å². The quantitative estimate of drug-likeness (QED) is 0.330. The van der Waals surface area contributed by atoms with Crippen LogP contribution < -0.4 is 0 Å². The van der Waals surface area contributed by atoms with Gasteiger partial charge in [0.25, 0.3) is 0 Å². The maximum Gasteiger partial charge on any atom is 0.305 e. The first-order chi connectivity index (χ1) is 22.3. The van der Waals surface area contributed by atoms with E-state index in [0.29, 0.717) is 79.4 Å². The lowest BCUT2D eigenvalue weighted by atomic mass is 9.41. The summed E-state index contributed by atoms with van der Waals surface area (Å²) in [7, 11) is 1.45. The minimum Gasteiger partial charge on any atom is -0.469 e. The van der Waals surface area contributed by atoms with Crippen molar-refractivity contribution in [2.75, 3.05) is 26.8 Å². The fourth-order valence-electron chi connectivity index (χ4n) is 14.0. The lowest BCUT2D eigenvalue weighted by Crippen LogP contribution is -2.60. The van der Waals surface area contributed by atoms with Gasteiger partial charge in [0.15, 0.2) is 6.29 Å². The van der Waals surface area contributed by atoms with Gasteiger partial charge in [0.05, 0.1) is 44.7 Å². The average molecular weight is 656 g/mol. The minimum atomic E-state index is -0.487.